The van der Waals surface area contributed by atoms with Gasteiger partial charge in [0.1, 0.15) is 0 Å². The quantitative estimate of drug-likeness (QED) is 0.848. The maximum atomic E-state index is 12.2. The van der Waals surface area contributed by atoms with Gasteiger partial charge in [-0.3, -0.25) is 0 Å². The first-order valence-electron chi connectivity index (χ1n) is 5.46. The van der Waals surface area contributed by atoms with Crippen LogP contribution in [0.5, 0.6) is 0 Å². The van der Waals surface area contributed by atoms with Gasteiger partial charge in [0.05, 0.1) is 28.1 Å². The first-order chi connectivity index (χ1) is 8.90. The molecule has 1 aromatic carbocycles. The fourth-order valence-electron chi connectivity index (χ4n) is 1.61. The summed E-state index contributed by atoms with van der Waals surface area (Å²) < 4.78 is 31.7. The summed E-state index contributed by atoms with van der Waals surface area (Å²) >= 11 is 5.84. The molecule has 1 heterocycles. The molecule has 3 N–H and O–H groups in total. The van der Waals surface area contributed by atoms with Gasteiger partial charge in [-0.25, -0.2) is 13.1 Å². The average Bonchev–Trinajstić information content (AvgIpc) is 2.84. The van der Waals surface area contributed by atoms with E-state index in [0.29, 0.717) is 10.6 Å². The lowest BCUT2D eigenvalue weighted by Gasteiger charge is -2.10. The summed E-state index contributed by atoms with van der Waals surface area (Å²) in [6.07, 6.45) is 2.96. The van der Waals surface area contributed by atoms with Crippen molar-refractivity contribution in [3.05, 3.63) is 46.9 Å². The number of halogens is 1. The van der Waals surface area contributed by atoms with Crippen LogP contribution in [0.4, 0.5) is 5.69 Å². The Morgan fingerprint density at radius 1 is 1.42 bits per heavy atom. The van der Waals surface area contributed by atoms with E-state index in [4.69, 9.17) is 21.8 Å². The van der Waals surface area contributed by atoms with E-state index < -0.39 is 10.0 Å². The normalized spacial score (nSPS) is 11.7. The van der Waals surface area contributed by atoms with Crippen molar-refractivity contribution in [2.75, 3.05) is 5.73 Å². The molecular formula is C12H13ClN2O3S. The van der Waals surface area contributed by atoms with Gasteiger partial charge >= 0.3 is 0 Å². The smallest absolute Gasteiger partial charge is 0.241 e. The van der Waals surface area contributed by atoms with Crippen LogP contribution in [-0.2, 0) is 16.6 Å². The van der Waals surface area contributed by atoms with Crippen molar-refractivity contribution in [1.29, 1.82) is 0 Å². The van der Waals surface area contributed by atoms with Gasteiger partial charge in [0.15, 0.2) is 0 Å². The Morgan fingerprint density at radius 3 is 2.79 bits per heavy atom. The maximum Gasteiger partial charge on any atom is 0.241 e. The van der Waals surface area contributed by atoms with Crippen molar-refractivity contribution >= 4 is 27.3 Å². The molecule has 0 aliphatic heterocycles. The highest BCUT2D eigenvalue weighted by Gasteiger charge is 2.18. The molecule has 0 aliphatic carbocycles. The largest absolute Gasteiger partial charge is 0.472 e. The third-order valence-electron chi connectivity index (χ3n) is 2.63. The highest BCUT2D eigenvalue weighted by Crippen LogP contribution is 2.26. The van der Waals surface area contributed by atoms with Crippen LogP contribution in [0.15, 0.2) is 40.0 Å². The number of hydrogen-bond donors (Lipinski definition) is 2. The van der Waals surface area contributed by atoms with E-state index >= 15 is 0 Å². The second-order valence-corrected chi connectivity index (χ2v) is 6.24. The number of rotatable bonds is 4. The lowest BCUT2D eigenvalue weighted by atomic mass is 10.2. The number of nitrogen functional groups attached to an aromatic ring is 1. The number of furan rings is 1. The Morgan fingerprint density at radius 2 is 2.16 bits per heavy atom. The Labute approximate surface area is 116 Å². The van der Waals surface area contributed by atoms with Crippen LogP contribution in [0.3, 0.4) is 0 Å². The topological polar surface area (TPSA) is 85.3 Å². The lowest BCUT2D eigenvalue weighted by Crippen LogP contribution is -2.24. The minimum absolute atomic E-state index is 0.123. The molecule has 0 fully saturated rings. The summed E-state index contributed by atoms with van der Waals surface area (Å²) in [5, 5.41) is 0.339. The summed E-state index contributed by atoms with van der Waals surface area (Å²) in [4.78, 5) is 0.123. The fraction of sp³-hybridized carbons (Fsp3) is 0.167. The predicted octanol–water partition coefficient (Wildman–Crippen LogP) is 2.30. The SMILES string of the molecule is Cc1cc(Cl)c(N)cc1S(=O)(=O)NCc1ccoc1. The minimum Gasteiger partial charge on any atom is -0.472 e. The van der Waals surface area contributed by atoms with Gasteiger partial charge in [-0.1, -0.05) is 11.6 Å². The van der Waals surface area contributed by atoms with Gasteiger partial charge in [-0.2, -0.15) is 0 Å². The number of anilines is 1. The number of nitrogens with one attached hydrogen (secondary N) is 1. The molecule has 0 amide bonds. The average molecular weight is 301 g/mol. The van der Waals surface area contributed by atoms with Crippen molar-refractivity contribution in [3.8, 4) is 0 Å². The van der Waals surface area contributed by atoms with Crippen LogP contribution in [0, 0.1) is 6.92 Å². The summed E-state index contributed by atoms with van der Waals surface area (Å²) in [5.41, 5.74) is 7.15. The molecule has 0 atom stereocenters. The van der Waals surface area contributed by atoms with Crippen LogP contribution in [0.1, 0.15) is 11.1 Å². The summed E-state index contributed by atoms with van der Waals surface area (Å²) in [7, 11) is -3.64. The highest BCUT2D eigenvalue weighted by atomic mass is 35.5. The standard InChI is InChI=1S/C12H13ClN2O3S/c1-8-4-10(13)11(14)5-12(8)19(16,17)15-6-9-2-3-18-7-9/h2-5,7,15H,6,14H2,1H3. The summed E-state index contributed by atoms with van der Waals surface area (Å²) in [5.74, 6) is 0. The molecule has 0 radical (unpaired) electrons. The highest BCUT2D eigenvalue weighted by molar-refractivity contribution is 7.89. The van der Waals surface area contributed by atoms with E-state index in [0.717, 1.165) is 5.56 Å². The molecule has 0 aliphatic rings. The second kappa shape index (κ2) is 5.24. The van der Waals surface area contributed by atoms with E-state index in [1.165, 1.54) is 24.7 Å². The van der Waals surface area contributed by atoms with Gasteiger partial charge in [-0.15, -0.1) is 0 Å². The molecule has 2 aromatic rings. The Kier molecular flexibility index (Phi) is 3.84. The van der Waals surface area contributed by atoms with Crippen LogP contribution in [-0.4, -0.2) is 8.42 Å². The Balaban J connectivity index is 2.27. The number of hydrogen-bond acceptors (Lipinski definition) is 4. The summed E-state index contributed by atoms with van der Waals surface area (Å²) in [6, 6.07) is 4.57. The Hall–Kier alpha value is -1.50. The molecule has 5 nitrogen and oxygen atoms in total. The third kappa shape index (κ3) is 3.09. The molecule has 102 valence electrons. The fourth-order valence-corrected chi connectivity index (χ4v) is 3.10. The van der Waals surface area contributed by atoms with Crippen LogP contribution >= 0.6 is 11.6 Å². The van der Waals surface area contributed by atoms with E-state index in [1.54, 1.807) is 13.0 Å². The first kappa shape index (κ1) is 13.9. The third-order valence-corrected chi connectivity index (χ3v) is 4.50. The summed E-state index contributed by atoms with van der Waals surface area (Å²) in [6.45, 7) is 1.82. The van der Waals surface area contributed by atoms with E-state index in [-0.39, 0.29) is 17.1 Å². The zero-order valence-corrected chi connectivity index (χ0v) is 11.8. The zero-order valence-electron chi connectivity index (χ0n) is 10.2. The number of aryl methyl sites for hydroxylation is 1. The van der Waals surface area contributed by atoms with Crippen LogP contribution in [0.2, 0.25) is 5.02 Å². The van der Waals surface area contributed by atoms with Crippen molar-refractivity contribution in [2.45, 2.75) is 18.4 Å². The number of benzene rings is 1. The van der Waals surface area contributed by atoms with Crippen molar-refractivity contribution < 1.29 is 12.8 Å². The van der Waals surface area contributed by atoms with E-state index in [9.17, 15) is 8.42 Å². The van der Waals surface area contributed by atoms with Crippen LogP contribution < -0.4 is 10.5 Å². The number of nitrogens with two attached hydrogens (primary N) is 1. The molecule has 0 saturated carbocycles. The van der Waals surface area contributed by atoms with Gasteiger partial charge in [-0.05, 0) is 30.7 Å². The van der Waals surface area contributed by atoms with Crippen molar-refractivity contribution in [2.24, 2.45) is 0 Å². The van der Waals surface area contributed by atoms with E-state index in [2.05, 4.69) is 4.72 Å². The number of sulfonamides is 1. The second-order valence-electron chi connectivity index (χ2n) is 4.10. The maximum absolute atomic E-state index is 12.2. The lowest BCUT2D eigenvalue weighted by molar-refractivity contribution is 0.561. The Bertz CT molecular complexity index is 681. The van der Waals surface area contributed by atoms with Gasteiger partial charge < -0.3 is 10.2 Å². The van der Waals surface area contributed by atoms with Gasteiger partial charge in [0, 0.05) is 12.1 Å². The molecule has 19 heavy (non-hydrogen) atoms. The monoisotopic (exact) mass is 300 g/mol. The van der Waals surface area contributed by atoms with E-state index in [1.807, 2.05) is 0 Å². The van der Waals surface area contributed by atoms with Crippen LogP contribution in [0.25, 0.3) is 0 Å². The van der Waals surface area contributed by atoms with Crippen molar-refractivity contribution in [3.63, 3.8) is 0 Å². The van der Waals surface area contributed by atoms with Gasteiger partial charge in [0.2, 0.25) is 10.0 Å². The molecule has 0 unspecified atom stereocenters. The molecule has 7 heteroatoms. The minimum atomic E-state index is -3.64. The van der Waals surface area contributed by atoms with Crippen molar-refractivity contribution in [1.82, 2.24) is 4.72 Å². The molecular weight excluding hydrogens is 288 g/mol. The predicted molar refractivity (Wildman–Crippen MR) is 73.3 cm³/mol. The zero-order chi connectivity index (χ0) is 14.0. The molecule has 2 rings (SSSR count). The van der Waals surface area contributed by atoms with Gasteiger partial charge in [0.25, 0.3) is 0 Å². The molecule has 0 bridgehead atoms. The molecule has 0 spiro atoms. The molecule has 0 saturated heterocycles. The molecule has 1 aromatic heterocycles. The first-order valence-corrected chi connectivity index (χ1v) is 7.32.